The smallest absolute Gasteiger partial charge is 0.0881 e. The SMILES string of the molecule is CC.Cc1ccc(SOCC2CCC(CCl)O2)cc1. The molecule has 0 bridgehead atoms. The molecule has 0 aromatic heterocycles. The first-order valence-electron chi connectivity index (χ1n) is 6.85. The molecule has 2 unspecified atom stereocenters. The normalized spacial score (nSPS) is 21.9. The highest BCUT2D eigenvalue weighted by molar-refractivity contribution is 7.94. The minimum absolute atomic E-state index is 0.205. The summed E-state index contributed by atoms with van der Waals surface area (Å²) in [5.41, 5.74) is 1.26. The summed E-state index contributed by atoms with van der Waals surface area (Å²) in [4.78, 5) is 1.13. The number of hydrogen-bond donors (Lipinski definition) is 0. The zero-order valence-corrected chi connectivity index (χ0v) is 13.5. The molecule has 0 aliphatic carbocycles. The molecule has 1 aliphatic rings. The van der Waals surface area contributed by atoms with Gasteiger partial charge in [0.05, 0.1) is 18.8 Å². The summed E-state index contributed by atoms with van der Waals surface area (Å²) in [5.74, 6) is 0.585. The first-order chi connectivity index (χ1) is 9.28. The fourth-order valence-corrected chi connectivity index (χ4v) is 2.62. The van der Waals surface area contributed by atoms with Crippen molar-refractivity contribution in [3.05, 3.63) is 29.8 Å². The fourth-order valence-electron chi connectivity index (χ4n) is 1.79. The van der Waals surface area contributed by atoms with Crippen molar-refractivity contribution in [2.75, 3.05) is 12.5 Å². The van der Waals surface area contributed by atoms with Crippen molar-refractivity contribution in [1.82, 2.24) is 0 Å². The van der Waals surface area contributed by atoms with Gasteiger partial charge in [-0.05, 0) is 31.9 Å². The van der Waals surface area contributed by atoms with E-state index in [4.69, 9.17) is 20.5 Å². The maximum atomic E-state index is 5.75. The lowest BCUT2D eigenvalue weighted by Gasteiger charge is -2.11. The largest absolute Gasteiger partial charge is 0.371 e. The predicted molar refractivity (Wildman–Crippen MR) is 83.0 cm³/mol. The van der Waals surface area contributed by atoms with E-state index < -0.39 is 0 Å². The maximum Gasteiger partial charge on any atom is 0.0881 e. The van der Waals surface area contributed by atoms with Gasteiger partial charge in [-0.3, -0.25) is 0 Å². The molecule has 1 fully saturated rings. The Morgan fingerprint density at radius 3 is 2.42 bits per heavy atom. The number of benzene rings is 1. The van der Waals surface area contributed by atoms with E-state index in [0.29, 0.717) is 12.5 Å². The molecular weight excluding hydrogens is 280 g/mol. The summed E-state index contributed by atoms with van der Waals surface area (Å²) in [6, 6.07) is 8.30. The van der Waals surface area contributed by atoms with Gasteiger partial charge in [0, 0.05) is 22.8 Å². The van der Waals surface area contributed by atoms with Crippen LogP contribution in [0.5, 0.6) is 0 Å². The van der Waals surface area contributed by atoms with Crippen LogP contribution in [0.1, 0.15) is 32.3 Å². The van der Waals surface area contributed by atoms with E-state index in [0.717, 1.165) is 17.7 Å². The molecule has 19 heavy (non-hydrogen) atoms. The van der Waals surface area contributed by atoms with Gasteiger partial charge in [0.1, 0.15) is 0 Å². The lowest BCUT2D eigenvalue weighted by atomic mass is 10.2. The second-order valence-corrected chi connectivity index (χ2v) is 5.48. The number of alkyl halides is 1. The van der Waals surface area contributed by atoms with Crippen molar-refractivity contribution >= 4 is 23.6 Å². The van der Waals surface area contributed by atoms with Crippen LogP contribution in [-0.2, 0) is 8.92 Å². The van der Waals surface area contributed by atoms with Crippen LogP contribution in [0.15, 0.2) is 29.2 Å². The Bertz CT molecular complexity index is 343. The number of rotatable bonds is 5. The van der Waals surface area contributed by atoms with Crippen LogP contribution in [0.4, 0.5) is 0 Å². The molecule has 1 aromatic rings. The monoisotopic (exact) mass is 302 g/mol. The molecule has 1 saturated heterocycles. The highest BCUT2D eigenvalue weighted by atomic mass is 35.5. The van der Waals surface area contributed by atoms with Crippen molar-refractivity contribution in [3.63, 3.8) is 0 Å². The van der Waals surface area contributed by atoms with Gasteiger partial charge in [0.15, 0.2) is 0 Å². The highest BCUT2D eigenvalue weighted by Crippen LogP contribution is 2.24. The molecule has 4 heteroatoms. The second kappa shape index (κ2) is 9.65. The number of aryl methyl sites for hydroxylation is 1. The van der Waals surface area contributed by atoms with E-state index in [2.05, 4.69) is 31.2 Å². The van der Waals surface area contributed by atoms with Gasteiger partial charge >= 0.3 is 0 Å². The maximum absolute atomic E-state index is 5.75. The first-order valence-corrected chi connectivity index (χ1v) is 8.13. The van der Waals surface area contributed by atoms with Crippen LogP contribution in [0.3, 0.4) is 0 Å². The first kappa shape index (κ1) is 16.8. The van der Waals surface area contributed by atoms with Crippen LogP contribution in [0.2, 0.25) is 0 Å². The molecule has 2 rings (SSSR count). The minimum Gasteiger partial charge on any atom is -0.371 e. The van der Waals surface area contributed by atoms with Crippen molar-refractivity contribution in [2.45, 2.75) is 50.7 Å². The van der Waals surface area contributed by atoms with Crippen molar-refractivity contribution in [3.8, 4) is 0 Å². The van der Waals surface area contributed by atoms with Crippen LogP contribution >= 0.6 is 23.6 Å². The molecule has 1 aliphatic heterocycles. The Balaban J connectivity index is 0.000000861. The zero-order chi connectivity index (χ0) is 14.1. The van der Waals surface area contributed by atoms with Crippen LogP contribution in [0.25, 0.3) is 0 Å². The van der Waals surface area contributed by atoms with Crippen molar-refractivity contribution < 1.29 is 8.92 Å². The molecule has 1 aromatic carbocycles. The Kier molecular flexibility index (Phi) is 8.55. The topological polar surface area (TPSA) is 18.5 Å². The Hall–Kier alpha value is -0.220. The summed E-state index contributed by atoms with van der Waals surface area (Å²) < 4.78 is 11.3. The van der Waals surface area contributed by atoms with Crippen LogP contribution < -0.4 is 0 Å². The standard InChI is InChI=1S/C13H17ClO2S.C2H6/c1-10-2-6-13(7-3-10)17-15-9-12-5-4-11(8-14)16-12;1-2/h2-3,6-7,11-12H,4-5,8-9H2,1H3;1-2H3. The summed E-state index contributed by atoms with van der Waals surface area (Å²) in [7, 11) is 0. The van der Waals surface area contributed by atoms with Gasteiger partial charge in [0.2, 0.25) is 0 Å². The molecule has 0 amide bonds. The van der Waals surface area contributed by atoms with E-state index in [1.165, 1.54) is 17.6 Å². The molecular formula is C15H23ClO2S. The van der Waals surface area contributed by atoms with E-state index in [-0.39, 0.29) is 12.2 Å². The molecule has 2 nitrogen and oxygen atoms in total. The Morgan fingerprint density at radius 2 is 1.84 bits per heavy atom. The summed E-state index contributed by atoms with van der Waals surface area (Å²) in [5, 5.41) is 0. The van der Waals surface area contributed by atoms with Gasteiger partial charge in [-0.15, -0.1) is 11.6 Å². The lowest BCUT2D eigenvalue weighted by Crippen LogP contribution is -2.16. The number of hydrogen-bond acceptors (Lipinski definition) is 3. The average molecular weight is 303 g/mol. The predicted octanol–water partition coefficient (Wildman–Crippen LogP) is 4.83. The van der Waals surface area contributed by atoms with Crippen LogP contribution in [-0.4, -0.2) is 24.7 Å². The number of halogens is 1. The molecule has 1 heterocycles. The summed E-state index contributed by atoms with van der Waals surface area (Å²) in [6.07, 6.45) is 2.52. The van der Waals surface area contributed by atoms with Gasteiger partial charge in [-0.1, -0.05) is 31.5 Å². The molecule has 0 radical (unpaired) electrons. The van der Waals surface area contributed by atoms with Crippen molar-refractivity contribution in [2.24, 2.45) is 0 Å². The zero-order valence-electron chi connectivity index (χ0n) is 11.9. The third-order valence-corrected chi connectivity index (χ3v) is 3.86. The number of ether oxygens (including phenoxy) is 1. The third-order valence-electron chi connectivity index (χ3n) is 2.80. The Labute approximate surface area is 126 Å². The van der Waals surface area contributed by atoms with Crippen LogP contribution in [0, 0.1) is 6.92 Å². The third kappa shape index (κ3) is 6.17. The highest BCUT2D eigenvalue weighted by Gasteiger charge is 2.24. The molecule has 0 saturated carbocycles. The summed E-state index contributed by atoms with van der Waals surface area (Å²) >= 11 is 7.16. The second-order valence-electron chi connectivity index (χ2n) is 4.29. The van der Waals surface area contributed by atoms with Gasteiger partial charge < -0.3 is 8.92 Å². The van der Waals surface area contributed by atoms with Gasteiger partial charge in [0.25, 0.3) is 0 Å². The summed E-state index contributed by atoms with van der Waals surface area (Å²) in [6.45, 7) is 6.71. The van der Waals surface area contributed by atoms with Crippen molar-refractivity contribution in [1.29, 1.82) is 0 Å². The van der Waals surface area contributed by atoms with Gasteiger partial charge in [-0.25, -0.2) is 0 Å². The lowest BCUT2D eigenvalue weighted by molar-refractivity contribution is 0.0327. The molecule has 0 spiro atoms. The van der Waals surface area contributed by atoms with E-state index in [9.17, 15) is 0 Å². The fraction of sp³-hybridized carbons (Fsp3) is 0.600. The molecule has 108 valence electrons. The Morgan fingerprint density at radius 1 is 1.21 bits per heavy atom. The molecule has 2 atom stereocenters. The van der Waals surface area contributed by atoms with E-state index in [1.54, 1.807) is 0 Å². The quantitative estimate of drug-likeness (QED) is 0.573. The minimum atomic E-state index is 0.205. The molecule has 0 N–H and O–H groups in total. The van der Waals surface area contributed by atoms with Gasteiger partial charge in [-0.2, -0.15) is 0 Å². The van der Waals surface area contributed by atoms with E-state index in [1.807, 2.05) is 13.8 Å². The average Bonchev–Trinajstić information content (AvgIpc) is 2.91. The van der Waals surface area contributed by atoms with E-state index >= 15 is 0 Å².